The van der Waals surface area contributed by atoms with Crippen molar-refractivity contribution in [2.45, 2.75) is 12.8 Å². The molecule has 1 fully saturated rings. The first-order valence-electron chi connectivity index (χ1n) is 4.17. The number of hydrogen-bond donors (Lipinski definition) is 2. The Kier molecular flexibility index (Phi) is 3.49. The number of carboxylic acids is 1. The largest absolute Gasteiger partial charge is 0.481 e. The highest BCUT2D eigenvalue weighted by atomic mass is 16.5. The van der Waals surface area contributed by atoms with Gasteiger partial charge in [0.1, 0.15) is 0 Å². The van der Waals surface area contributed by atoms with Gasteiger partial charge in [0.05, 0.1) is 12.5 Å². The maximum Gasteiger partial charge on any atom is 0.309 e. The summed E-state index contributed by atoms with van der Waals surface area (Å²) in [7, 11) is 0. The van der Waals surface area contributed by atoms with Crippen molar-refractivity contribution in [3.63, 3.8) is 0 Å². The molecule has 12 heavy (non-hydrogen) atoms. The van der Waals surface area contributed by atoms with Gasteiger partial charge < -0.3 is 14.9 Å². The SMILES string of the molecule is O=C(O)C(CO)C1CCOCC1. The van der Waals surface area contributed by atoms with Gasteiger partial charge in [-0.2, -0.15) is 0 Å². The van der Waals surface area contributed by atoms with Crippen molar-refractivity contribution >= 4 is 5.97 Å². The average Bonchev–Trinajstić information content (AvgIpc) is 2.07. The number of aliphatic hydroxyl groups is 1. The van der Waals surface area contributed by atoms with Crippen LogP contribution in [0.25, 0.3) is 0 Å². The molecule has 0 saturated carbocycles. The van der Waals surface area contributed by atoms with Gasteiger partial charge in [-0.1, -0.05) is 0 Å². The Bertz CT molecular complexity index is 151. The molecule has 1 aliphatic heterocycles. The summed E-state index contributed by atoms with van der Waals surface area (Å²) in [5, 5.41) is 17.6. The summed E-state index contributed by atoms with van der Waals surface area (Å²) in [6.45, 7) is 0.975. The third-order valence-electron chi connectivity index (χ3n) is 2.35. The van der Waals surface area contributed by atoms with E-state index in [1.165, 1.54) is 0 Å². The molecule has 2 N–H and O–H groups in total. The van der Waals surface area contributed by atoms with E-state index in [4.69, 9.17) is 14.9 Å². The molecule has 0 radical (unpaired) electrons. The lowest BCUT2D eigenvalue weighted by Gasteiger charge is -2.26. The van der Waals surface area contributed by atoms with Crippen LogP contribution >= 0.6 is 0 Å². The van der Waals surface area contributed by atoms with Crippen LogP contribution in [0, 0.1) is 11.8 Å². The Hall–Kier alpha value is -0.610. The van der Waals surface area contributed by atoms with E-state index in [-0.39, 0.29) is 12.5 Å². The summed E-state index contributed by atoms with van der Waals surface area (Å²) >= 11 is 0. The summed E-state index contributed by atoms with van der Waals surface area (Å²) < 4.78 is 5.10. The molecule has 0 aliphatic carbocycles. The molecule has 0 spiro atoms. The van der Waals surface area contributed by atoms with E-state index in [2.05, 4.69) is 0 Å². The van der Waals surface area contributed by atoms with Crippen LogP contribution < -0.4 is 0 Å². The van der Waals surface area contributed by atoms with Crippen molar-refractivity contribution in [1.82, 2.24) is 0 Å². The quantitative estimate of drug-likeness (QED) is 0.637. The third-order valence-corrected chi connectivity index (χ3v) is 2.35. The zero-order valence-electron chi connectivity index (χ0n) is 6.90. The van der Waals surface area contributed by atoms with Crippen LogP contribution in [-0.4, -0.2) is 36.0 Å². The van der Waals surface area contributed by atoms with Crippen LogP contribution in [0.2, 0.25) is 0 Å². The Morgan fingerprint density at radius 1 is 1.50 bits per heavy atom. The van der Waals surface area contributed by atoms with Gasteiger partial charge >= 0.3 is 5.97 Å². The minimum absolute atomic E-state index is 0.0845. The standard InChI is InChI=1S/C8H14O4/c9-5-7(8(10)11)6-1-3-12-4-2-6/h6-7,9H,1-5H2,(H,10,11). The number of ether oxygens (including phenoxy) is 1. The maximum absolute atomic E-state index is 10.6. The van der Waals surface area contributed by atoms with Gasteiger partial charge in [-0.3, -0.25) is 4.79 Å². The van der Waals surface area contributed by atoms with Gasteiger partial charge in [-0.25, -0.2) is 0 Å². The van der Waals surface area contributed by atoms with Crippen LogP contribution in [0.4, 0.5) is 0 Å². The number of hydrogen-bond acceptors (Lipinski definition) is 3. The van der Waals surface area contributed by atoms with E-state index >= 15 is 0 Å². The first-order valence-corrected chi connectivity index (χ1v) is 4.17. The van der Waals surface area contributed by atoms with Gasteiger partial charge in [0.25, 0.3) is 0 Å². The van der Waals surface area contributed by atoms with E-state index < -0.39 is 11.9 Å². The van der Waals surface area contributed by atoms with Gasteiger partial charge in [0.2, 0.25) is 0 Å². The van der Waals surface area contributed by atoms with Gasteiger partial charge in [0.15, 0.2) is 0 Å². The van der Waals surface area contributed by atoms with E-state index in [1.54, 1.807) is 0 Å². The fraction of sp³-hybridized carbons (Fsp3) is 0.875. The van der Waals surface area contributed by atoms with Gasteiger partial charge in [0, 0.05) is 13.2 Å². The summed E-state index contributed by atoms with van der Waals surface area (Å²) in [6, 6.07) is 0. The van der Waals surface area contributed by atoms with E-state index in [9.17, 15) is 4.79 Å². The fourth-order valence-corrected chi connectivity index (χ4v) is 1.55. The van der Waals surface area contributed by atoms with Gasteiger partial charge in [-0.15, -0.1) is 0 Å². The zero-order valence-corrected chi connectivity index (χ0v) is 6.90. The van der Waals surface area contributed by atoms with E-state index in [0.717, 1.165) is 12.8 Å². The molecule has 0 bridgehead atoms. The number of rotatable bonds is 3. The predicted molar refractivity (Wildman–Crippen MR) is 41.8 cm³/mol. The highest BCUT2D eigenvalue weighted by Gasteiger charge is 2.28. The highest BCUT2D eigenvalue weighted by Crippen LogP contribution is 2.23. The Morgan fingerprint density at radius 2 is 2.08 bits per heavy atom. The predicted octanol–water partition coefficient (Wildman–Crippen LogP) is 0.106. The number of carboxylic acid groups (broad SMARTS) is 1. The lowest BCUT2D eigenvalue weighted by Crippen LogP contribution is -2.31. The van der Waals surface area contributed by atoms with Crippen molar-refractivity contribution in [2.24, 2.45) is 11.8 Å². The summed E-state index contributed by atoms with van der Waals surface area (Å²) in [5.41, 5.74) is 0. The van der Waals surface area contributed by atoms with Crippen LogP contribution in [-0.2, 0) is 9.53 Å². The van der Waals surface area contributed by atoms with E-state index in [0.29, 0.717) is 13.2 Å². The molecule has 1 heterocycles. The third kappa shape index (κ3) is 2.19. The van der Waals surface area contributed by atoms with Crippen molar-refractivity contribution in [2.75, 3.05) is 19.8 Å². The molecular formula is C8H14O4. The summed E-state index contributed by atoms with van der Waals surface area (Å²) in [6.07, 6.45) is 1.50. The first-order chi connectivity index (χ1) is 5.75. The van der Waals surface area contributed by atoms with Crippen molar-refractivity contribution in [3.8, 4) is 0 Å². The Morgan fingerprint density at radius 3 is 2.50 bits per heavy atom. The molecule has 1 atom stereocenters. The van der Waals surface area contributed by atoms with Gasteiger partial charge in [-0.05, 0) is 18.8 Å². The molecular weight excluding hydrogens is 160 g/mol. The lowest BCUT2D eigenvalue weighted by atomic mass is 9.87. The Balaban J connectivity index is 2.46. The smallest absolute Gasteiger partial charge is 0.309 e. The van der Waals surface area contributed by atoms with Crippen molar-refractivity contribution < 1.29 is 19.7 Å². The molecule has 1 rings (SSSR count). The number of carbonyl (C=O) groups is 1. The monoisotopic (exact) mass is 174 g/mol. The van der Waals surface area contributed by atoms with Crippen LogP contribution in [0.3, 0.4) is 0 Å². The van der Waals surface area contributed by atoms with Crippen molar-refractivity contribution in [1.29, 1.82) is 0 Å². The zero-order chi connectivity index (χ0) is 8.97. The molecule has 4 nitrogen and oxygen atoms in total. The second-order valence-electron chi connectivity index (χ2n) is 3.08. The molecule has 1 aliphatic rings. The normalized spacial score (nSPS) is 22.1. The molecule has 1 saturated heterocycles. The van der Waals surface area contributed by atoms with Crippen LogP contribution in [0.15, 0.2) is 0 Å². The number of aliphatic hydroxyl groups excluding tert-OH is 1. The van der Waals surface area contributed by atoms with Crippen LogP contribution in [0.5, 0.6) is 0 Å². The molecule has 70 valence electrons. The molecule has 1 unspecified atom stereocenters. The minimum Gasteiger partial charge on any atom is -0.481 e. The average molecular weight is 174 g/mol. The second-order valence-corrected chi connectivity index (χ2v) is 3.08. The number of aliphatic carboxylic acids is 1. The minimum atomic E-state index is -0.899. The first kappa shape index (κ1) is 9.48. The molecule has 4 heteroatoms. The topological polar surface area (TPSA) is 66.8 Å². The fourth-order valence-electron chi connectivity index (χ4n) is 1.55. The summed E-state index contributed by atoms with van der Waals surface area (Å²) in [5.74, 6) is -1.42. The lowest BCUT2D eigenvalue weighted by molar-refractivity contribution is -0.146. The van der Waals surface area contributed by atoms with E-state index in [1.807, 2.05) is 0 Å². The molecule has 0 aromatic heterocycles. The molecule has 0 aromatic rings. The second kappa shape index (κ2) is 4.42. The maximum atomic E-state index is 10.6. The summed E-state index contributed by atoms with van der Waals surface area (Å²) in [4.78, 5) is 10.6. The molecule has 0 amide bonds. The Labute approximate surface area is 71.2 Å². The van der Waals surface area contributed by atoms with Crippen molar-refractivity contribution in [3.05, 3.63) is 0 Å². The van der Waals surface area contributed by atoms with Crippen LogP contribution in [0.1, 0.15) is 12.8 Å². The highest BCUT2D eigenvalue weighted by molar-refractivity contribution is 5.70. The molecule has 0 aromatic carbocycles.